The molecule has 0 aliphatic heterocycles. The molecule has 0 N–H and O–H groups in total. The molecule has 0 amide bonds. The van der Waals surface area contributed by atoms with Gasteiger partial charge in [-0.2, -0.15) is 0 Å². The van der Waals surface area contributed by atoms with E-state index in [4.69, 9.17) is 16.3 Å². The molecule has 2 aromatic heterocycles. The maximum Gasteiger partial charge on any atom is 0.194 e. The van der Waals surface area contributed by atoms with Crippen LogP contribution in [0.2, 0.25) is 0 Å². The van der Waals surface area contributed by atoms with Gasteiger partial charge < -0.3 is 4.74 Å². The highest BCUT2D eigenvalue weighted by molar-refractivity contribution is 7.15. The summed E-state index contributed by atoms with van der Waals surface area (Å²) < 4.78 is 7.53. The lowest BCUT2D eigenvalue weighted by molar-refractivity contribution is 0.340. The molecule has 3 aromatic rings. The predicted molar refractivity (Wildman–Crippen MR) is 79.2 cm³/mol. The van der Waals surface area contributed by atoms with E-state index in [0.717, 1.165) is 27.7 Å². The van der Waals surface area contributed by atoms with Crippen LogP contribution in [0.15, 0.2) is 35.8 Å². The highest BCUT2D eigenvalue weighted by Crippen LogP contribution is 2.28. The molecule has 0 saturated heterocycles. The fourth-order valence-electron chi connectivity index (χ4n) is 1.99. The Balaban J connectivity index is 2.00. The third kappa shape index (κ3) is 2.33. The van der Waals surface area contributed by atoms with Crippen molar-refractivity contribution in [2.45, 2.75) is 12.8 Å². The largest absolute Gasteiger partial charge is 0.494 e. The lowest BCUT2D eigenvalue weighted by Crippen LogP contribution is -1.91. The normalized spacial score (nSPS) is 11.1. The highest BCUT2D eigenvalue weighted by atomic mass is 35.5. The minimum absolute atomic E-state index is 0.442. The molecule has 2 heterocycles. The predicted octanol–water partition coefficient (Wildman–Crippen LogP) is 4.20. The lowest BCUT2D eigenvalue weighted by Gasteiger charge is -2.04. The summed E-state index contributed by atoms with van der Waals surface area (Å²) in [5.74, 6) is 1.33. The molecule has 0 fully saturated rings. The van der Waals surface area contributed by atoms with Gasteiger partial charge in [0.2, 0.25) is 0 Å². The number of hydrogen-bond acceptors (Lipinski definition) is 3. The third-order valence-electron chi connectivity index (χ3n) is 2.86. The van der Waals surface area contributed by atoms with Gasteiger partial charge in [0.15, 0.2) is 4.96 Å². The smallest absolute Gasteiger partial charge is 0.194 e. The van der Waals surface area contributed by atoms with Crippen LogP contribution in [0.5, 0.6) is 5.75 Å². The van der Waals surface area contributed by atoms with E-state index in [1.54, 1.807) is 11.3 Å². The van der Waals surface area contributed by atoms with Gasteiger partial charge in [-0.15, -0.1) is 22.9 Å². The number of alkyl halides is 1. The summed E-state index contributed by atoms with van der Waals surface area (Å²) in [6, 6.07) is 8.10. The molecular weight excluding hydrogens is 280 g/mol. The van der Waals surface area contributed by atoms with Gasteiger partial charge in [-0.25, -0.2) is 4.98 Å². The van der Waals surface area contributed by atoms with E-state index in [0.29, 0.717) is 12.5 Å². The van der Waals surface area contributed by atoms with Gasteiger partial charge in [-0.1, -0.05) is 0 Å². The van der Waals surface area contributed by atoms with Crippen molar-refractivity contribution in [3.63, 3.8) is 0 Å². The molecule has 0 saturated carbocycles. The summed E-state index contributed by atoms with van der Waals surface area (Å²) in [5, 5.41) is 2.11. The fourth-order valence-corrected chi connectivity index (χ4v) is 3.02. The van der Waals surface area contributed by atoms with Crippen LogP contribution in [0, 0.1) is 0 Å². The van der Waals surface area contributed by atoms with Crippen molar-refractivity contribution in [3.05, 3.63) is 41.5 Å². The van der Waals surface area contributed by atoms with Crippen molar-refractivity contribution < 1.29 is 4.74 Å². The number of halogens is 1. The maximum atomic E-state index is 5.82. The molecule has 0 aliphatic carbocycles. The van der Waals surface area contributed by atoms with Crippen molar-refractivity contribution in [1.82, 2.24) is 9.38 Å². The van der Waals surface area contributed by atoms with Crippen molar-refractivity contribution in [1.29, 1.82) is 0 Å². The SMILES string of the molecule is CCOc1ccc(-c2csc3nc(CCl)cn23)cc1. The van der Waals surface area contributed by atoms with E-state index < -0.39 is 0 Å². The van der Waals surface area contributed by atoms with Crippen LogP contribution in [-0.4, -0.2) is 16.0 Å². The molecule has 0 aliphatic rings. The quantitative estimate of drug-likeness (QED) is 0.674. The van der Waals surface area contributed by atoms with Crippen LogP contribution in [0.3, 0.4) is 0 Å². The fraction of sp³-hybridized carbons (Fsp3) is 0.214. The monoisotopic (exact) mass is 292 g/mol. The molecule has 0 radical (unpaired) electrons. The first-order valence-corrected chi connectivity index (χ1v) is 7.48. The Kier molecular flexibility index (Phi) is 3.44. The third-order valence-corrected chi connectivity index (χ3v) is 3.97. The summed E-state index contributed by atoms with van der Waals surface area (Å²) >= 11 is 7.44. The highest BCUT2D eigenvalue weighted by Gasteiger charge is 2.09. The van der Waals surface area contributed by atoms with E-state index in [1.807, 2.05) is 25.3 Å². The number of benzene rings is 1. The zero-order valence-corrected chi connectivity index (χ0v) is 12.0. The van der Waals surface area contributed by atoms with E-state index in [9.17, 15) is 0 Å². The Morgan fingerprint density at radius 2 is 2.11 bits per heavy atom. The van der Waals surface area contributed by atoms with E-state index in [-0.39, 0.29) is 0 Å². The zero-order valence-electron chi connectivity index (χ0n) is 10.5. The second-order valence-electron chi connectivity index (χ2n) is 4.10. The standard InChI is InChI=1S/C14H13ClN2OS/c1-2-18-12-5-3-10(4-6-12)13-9-19-14-16-11(7-15)8-17(13)14/h3-6,8-9H,2,7H2,1H3. The van der Waals surface area contributed by atoms with Gasteiger partial charge in [0.25, 0.3) is 0 Å². The van der Waals surface area contributed by atoms with Crippen LogP contribution in [-0.2, 0) is 5.88 Å². The number of aromatic nitrogens is 2. The average Bonchev–Trinajstić information content (AvgIpc) is 2.99. The number of thiazole rings is 1. The van der Waals surface area contributed by atoms with Gasteiger partial charge in [-0.3, -0.25) is 4.40 Å². The Bertz CT molecular complexity index is 687. The van der Waals surface area contributed by atoms with Crippen molar-refractivity contribution in [2.24, 2.45) is 0 Å². The van der Waals surface area contributed by atoms with Gasteiger partial charge in [-0.05, 0) is 36.8 Å². The van der Waals surface area contributed by atoms with E-state index in [2.05, 4.69) is 26.9 Å². The van der Waals surface area contributed by atoms with Gasteiger partial charge in [0.1, 0.15) is 5.75 Å². The first-order valence-electron chi connectivity index (χ1n) is 6.06. The van der Waals surface area contributed by atoms with E-state index in [1.165, 1.54) is 0 Å². The van der Waals surface area contributed by atoms with Gasteiger partial charge in [0, 0.05) is 11.6 Å². The minimum Gasteiger partial charge on any atom is -0.494 e. The lowest BCUT2D eigenvalue weighted by atomic mass is 10.2. The van der Waals surface area contributed by atoms with Crippen LogP contribution in [0.4, 0.5) is 0 Å². The number of imidazole rings is 1. The number of nitrogens with zero attached hydrogens (tertiary/aromatic N) is 2. The number of hydrogen-bond donors (Lipinski definition) is 0. The average molecular weight is 293 g/mol. The van der Waals surface area contributed by atoms with Crippen LogP contribution in [0.25, 0.3) is 16.2 Å². The second kappa shape index (κ2) is 5.23. The molecule has 3 nitrogen and oxygen atoms in total. The molecule has 0 atom stereocenters. The van der Waals surface area contributed by atoms with Crippen LogP contribution in [0.1, 0.15) is 12.6 Å². The summed E-state index contributed by atoms with van der Waals surface area (Å²) in [7, 11) is 0. The molecule has 0 unspecified atom stereocenters. The summed E-state index contributed by atoms with van der Waals surface area (Å²) in [6.07, 6.45) is 1.99. The molecule has 0 bridgehead atoms. The van der Waals surface area contributed by atoms with Crippen molar-refractivity contribution in [2.75, 3.05) is 6.61 Å². The molecular formula is C14H13ClN2OS. The summed E-state index contributed by atoms with van der Waals surface area (Å²) in [6.45, 7) is 2.66. The van der Waals surface area contributed by atoms with Crippen LogP contribution >= 0.6 is 22.9 Å². The topological polar surface area (TPSA) is 26.5 Å². The number of fused-ring (bicyclic) bond motifs is 1. The minimum atomic E-state index is 0.442. The molecule has 5 heteroatoms. The number of rotatable bonds is 4. The Morgan fingerprint density at radius 1 is 1.32 bits per heavy atom. The first-order chi connectivity index (χ1) is 9.31. The Morgan fingerprint density at radius 3 is 2.79 bits per heavy atom. The maximum absolute atomic E-state index is 5.82. The summed E-state index contributed by atoms with van der Waals surface area (Å²) in [5.41, 5.74) is 3.18. The first kappa shape index (κ1) is 12.5. The summed E-state index contributed by atoms with van der Waals surface area (Å²) in [4.78, 5) is 5.42. The second-order valence-corrected chi connectivity index (χ2v) is 5.20. The van der Waals surface area contributed by atoms with Crippen LogP contribution < -0.4 is 4.74 Å². The van der Waals surface area contributed by atoms with Gasteiger partial charge >= 0.3 is 0 Å². The van der Waals surface area contributed by atoms with Gasteiger partial charge in [0.05, 0.1) is 23.9 Å². The molecule has 19 heavy (non-hydrogen) atoms. The van der Waals surface area contributed by atoms with Crippen molar-refractivity contribution in [3.8, 4) is 17.0 Å². The number of ether oxygens (including phenoxy) is 1. The Hall–Kier alpha value is -1.52. The molecule has 3 rings (SSSR count). The molecule has 0 spiro atoms. The molecule has 98 valence electrons. The van der Waals surface area contributed by atoms with Crippen molar-refractivity contribution >= 4 is 27.9 Å². The molecule has 1 aromatic carbocycles. The van der Waals surface area contributed by atoms with E-state index >= 15 is 0 Å². The zero-order chi connectivity index (χ0) is 13.2. The Labute approximate surface area is 120 Å².